The lowest BCUT2D eigenvalue weighted by molar-refractivity contribution is -0.234. The Hall–Kier alpha value is -3.41. The summed E-state index contributed by atoms with van der Waals surface area (Å²) >= 11 is 0. The van der Waals surface area contributed by atoms with Crippen molar-refractivity contribution in [3.63, 3.8) is 0 Å². The zero-order chi connectivity index (χ0) is 26.2. The van der Waals surface area contributed by atoms with Crippen LogP contribution in [0.4, 0.5) is 4.39 Å². The van der Waals surface area contributed by atoms with Crippen molar-refractivity contribution in [2.75, 3.05) is 26.3 Å². The number of nitrogens with zero attached hydrogens (tertiary/aromatic N) is 4. The van der Waals surface area contributed by atoms with Crippen molar-refractivity contribution in [1.29, 1.82) is 0 Å². The van der Waals surface area contributed by atoms with Crippen molar-refractivity contribution in [1.82, 2.24) is 24.8 Å². The van der Waals surface area contributed by atoms with Gasteiger partial charge in [-0.3, -0.25) is 4.79 Å². The zero-order valence-electron chi connectivity index (χ0n) is 21.0. The van der Waals surface area contributed by atoms with Gasteiger partial charge in [0.1, 0.15) is 5.82 Å². The van der Waals surface area contributed by atoms with Crippen molar-refractivity contribution in [3.05, 3.63) is 48.2 Å². The van der Waals surface area contributed by atoms with E-state index in [9.17, 15) is 14.3 Å². The molecule has 0 aliphatic carbocycles. The first kappa shape index (κ1) is 25.2. The predicted octanol–water partition coefficient (Wildman–Crippen LogP) is 3.10. The molecule has 2 fully saturated rings. The van der Waals surface area contributed by atoms with E-state index in [4.69, 9.17) is 19.2 Å². The number of halogens is 1. The molecule has 1 unspecified atom stereocenters. The molecule has 196 valence electrons. The number of likely N-dealkylation sites (tertiary alicyclic amines) is 1. The van der Waals surface area contributed by atoms with E-state index in [2.05, 4.69) is 15.0 Å². The number of benzene rings is 1. The third kappa shape index (κ3) is 5.34. The lowest BCUT2D eigenvalue weighted by atomic mass is 9.90. The van der Waals surface area contributed by atoms with Crippen LogP contribution in [-0.4, -0.2) is 74.4 Å². The quantitative estimate of drug-likeness (QED) is 0.518. The first-order chi connectivity index (χ1) is 17.7. The van der Waals surface area contributed by atoms with Gasteiger partial charge in [0.15, 0.2) is 5.82 Å². The van der Waals surface area contributed by atoms with Gasteiger partial charge >= 0.3 is 6.01 Å². The molecule has 10 nitrogen and oxygen atoms in total. The lowest BCUT2D eigenvalue weighted by Crippen LogP contribution is -2.49. The number of H-pyrrole nitrogens is 1. The van der Waals surface area contributed by atoms with Crippen LogP contribution in [0.5, 0.6) is 6.01 Å². The summed E-state index contributed by atoms with van der Waals surface area (Å²) in [5, 5.41) is 9.81. The van der Waals surface area contributed by atoms with Crippen molar-refractivity contribution in [2.24, 2.45) is 5.41 Å². The number of aromatic amines is 1. The van der Waals surface area contributed by atoms with Crippen LogP contribution in [0.3, 0.4) is 0 Å². The number of ether oxygens (including phenoxy) is 3. The minimum absolute atomic E-state index is 0.103. The van der Waals surface area contributed by atoms with Gasteiger partial charge in [0.2, 0.25) is 12.2 Å². The summed E-state index contributed by atoms with van der Waals surface area (Å²) in [4.78, 5) is 31.4. The summed E-state index contributed by atoms with van der Waals surface area (Å²) in [7, 11) is 0. The maximum atomic E-state index is 13.6. The van der Waals surface area contributed by atoms with Crippen LogP contribution in [-0.2, 0) is 14.3 Å². The third-order valence-electron chi connectivity index (χ3n) is 6.37. The Balaban J connectivity index is 1.42. The highest BCUT2D eigenvalue weighted by atomic mass is 19.1. The molecule has 37 heavy (non-hydrogen) atoms. The fourth-order valence-electron chi connectivity index (χ4n) is 4.45. The first-order valence-electron chi connectivity index (χ1n) is 12.3. The maximum Gasteiger partial charge on any atom is 0.317 e. The second-order valence-corrected chi connectivity index (χ2v) is 9.95. The molecule has 1 amide bonds. The minimum Gasteiger partial charge on any atom is -0.461 e. The second-order valence-electron chi connectivity index (χ2n) is 9.95. The van der Waals surface area contributed by atoms with Crippen molar-refractivity contribution < 1.29 is 28.5 Å². The molecule has 0 radical (unpaired) electrons. The fourth-order valence-corrected chi connectivity index (χ4v) is 4.45. The summed E-state index contributed by atoms with van der Waals surface area (Å²) in [6.45, 7) is 6.67. The van der Waals surface area contributed by atoms with E-state index in [1.54, 1.807) is 36.2 Å². The number of aromatic nitrogens is 4. The van der Waals surface area contributed by atoms with Gasteiger partial charge in [-0.1, -0.05) is 0 Å². The summed E-state index contributed by atoms with van der Waals surface area (Å²) in [5.41, 5.74) is 1.44. The van der Waals surface area contributed by atoms with Gasteiger partial charge in [-0.05, 0) is 57.5 Å². The normalized spacial score (nSPS) is 24.0. The topological polar surface area (TPSA) is 123 Å². The van der Waals surface area contributed by atoms with Crippen molar-refractivity contribution in [2.45, 2.75) is 45.7 Å². The summed E-state index contributed by atoms with van der Waals surface area (Å²) < 4.78 is 31.2. The highest BCUT2D eigenvalue weighted by Gasteiger charge is 2.44. The molecule has 2 aliphatic heterocycles. The SMILES string of the molecule is CC(C)Oc1nccc(-c2[nH]c(C3OCC(C)(C(=O)N4CCC(O)C4)CO3)nc2-c2ccc(F)cc2)n1. The van der Waals surface area contributed by atoms with Crippen molar-refractivity contribution in [3.8, 4) is 28.7 Å². The van der Waals surface area contributed by atoms with Crippen LogP contribution < -0.4 is 4.74 Å². The molecular formula is C26H30FN5O5. The molecule has 2 aliphatic rings. The highest BCUT2D eigenvalue weighted by molar-refractivity contribution is 5.83. The number of hydrogen-bond acceptors (Lipinski definition) is 8. The number of amides is 1. The molecule has 0 bridgehead atoms. The minimum atomic E-state index is -0.870. The highest BCUT2D eigenvalue weighted by Crippen LogP contribution is 2.36. The predicted molar refractivity (Wildman–Crippen MR) is 131 cm³/mol. The second kappa shape index (κ2) is 10.2. The number of hydrogen-bond donors (Lipinski definition) is 2. The largest absolute Gasteiger partial charge is 0.461 e. The Morgan fingerprint density at radius 1 is 1.22 bits per heavy atom. The number of carbonyl (C=O) groups excluding carboxylic acids is 1. The third-order valence-corrected chi connectivity index (χ3v) is 6.37. The van der Waals surface area contributed by atoms with Gasteiger partial charge in [-0.25, -0.2) is 14.4 Å². The number of β-amino-alcohol motifs (C(OH)–C–C–N with tert-alkyl or cyclic N) is 1. The van der Waals surface area contributed by atoms with Gasteiger partial charge in [0, 0.05) is 24.8 Å². The Labute approximate surface area is 213 Å². The Morgan fingerprint density at radius 2 is 1.95 bits per heavy atom. The van der Waals surface area contributed by atoms with Crippen LogP contribution in [0, 0.1) is 11.2 Å². The van der Waals surface area contributed by atoms with E-state index >= 15 is 0 Å². The average molecular weight is 512 g/mol. The summed E-state index contributed by atoms with van der Waals surface area (Å²) in [6, 6.07) is 7.93. The molecule has 5 rings (SSSR count). The van der Waals surface area contributed by atoms with Crippen LogP contribution >= 0.6 is 0 Å². The Bertz CT molecular complexity index is 1260. The number of nitrogens with one attached hydrogen (secondary N) is 1. The standard InChI is InChI=1S/C26H30FN5O5/c1-15(2)37-25-28-10-8-19(29-25)21-20(16-4-6-17(27)7-5-16)30-22(31-21)23-35-13-26(3,14-36-23)24(34)32-11-9-18(33)12-32/h4-8,10,15,18,23,33H,9,11-14H2,1-3H3,(H,30,31). The molecule has 2 saturated heterocycles. The molecule has 2 aromatic heterocycles. The van der Waals surface area contributed by atoms with Crippen LogP contribution in [0.1, 0.15) is 39.3 Å². The maximum absolute atomic E-state index is 13.6. The van der Waals surface area contributed by atoms with E-state index in [0.717, 1.165) is 0 Å². The van der Waals surface area contributed by atoms with E-state index in [0.29, 0.717) is 48.0 Å². The smallest absolute Gasteiger partial charge is 0.317 e. The number of aliphatic hydroxyl groups is 1. The summed E-state index contributed by atoms with van der Waals surface area (Å²) in [6.07, 6.45) is 0.723. The molecule has 1 atom stereocenters. The van der Waals surface area contributed by atoms with Gasteiger partial charge in [0.25, 0.3) is 0 Å². The van der Waals surface area contributed by atoms with Gasteiger partial charge in [-0.2, -0.15) is 4.98 Å². The number of imidazole rings is 1. The fraction of sp³-hybridized carbons (Fsp3) is 0.462. The molecular weight excluding hydrogens is 481 g/mol. The van der Waals surface area contributed by atoms with E-state index in [1.165, 1.54) is 12.1 Å². The van der Waals surface area contributed by atoms with E-state index < -0.39 is 17.8 Å². The van der Waals surface area contributed by atoms with E-state index in [1.807, 2.05) is 13.8 Å². The monoisotopic (exact) mass is 511 g/mol. The van der Waals surface area contributed by atoms with Gasteiger partial charge < -0.3 is 29.2 Å². The van der Waals surface area contributed by atoms with Crippen LogP contribution in [0.25, 0.3) is 22.6 Å². The van der Waals surface area contributed by atoms with Crippen molar-refractivity contribution >= 4 is 5.91 Å². The molecule has 1 aromatic carbocycles. The number of carbonyl (C=O) groups is 1. The Morgan fingerprint density at radius 3 is 2.59 bits per heavy atom. The van der Waals surface area contributed by atoms with Crippen LogP contribution in [0.2, 0.25) is 0 Å². The molecule has 11 heteroatoms. The summed E-state index contributed by atoms with van der Waals surface area (Å²) in [5.74, 6) is -0.0669. The molecule has 0 spiro atoms. The first-order valence-corrected chi connectivity index (χ1v) is 12.3. The van der Waals surface area contributed by atoms with Crippen LogP contribution in [0.15, 0.2) is 36.5 Å². The molecule has 3 aromatic rings. The molecule has 2 N–H and O–H groups in total. The van der Waals surface area contributed by atoms with E-state index in [-0.39, 0.29) is 37.1 Å². The average Bonchev–Trinajstić information content (AvgIpc) is 3.51. The van der Waals surface area contributed by atoms with Gasteiger partial charge in [0.05, 0.1) is 47.9 Å². The zero-order valence-corrected chi connectivity index (χ0v) is 21.0. The van der Waals surface area contributed by atoms with Gasteiger partial charge in [-0.15, -0.1) is 0 Å². The number of aliphatic hydroxyl groups excluding tert-OH is 1. The molecule has 4 heterocycles. The lowest BCUT2D eigenvalue weighted by Gasteiger charge is -2.37. The molecule has 0 saturated carbocycles. The Kier molecular flexibility index (Phi) is 6.93. The number of rotatable bonds is 6.